The molecule has 0 saturated carbocycles. The average molecular weight is 314 g/mol. The monoisotopic (exact) mass is 313 g/mol. The molecular formula is C17H16ClN3O. The molecule has 0 radical (unpaired) electrons. The molecule has 0 spiro atoms. The summed E-state index contributed by atoms with van der Waals surface area (Å²) in [5, 5.41) is 3.51. The summed E-state index contributed by atoms with van der Waals surface area (Å²) < 4.78 is 1.82. The van der Waals surface area contributed by atoms with E-state index in [-0.39, 0.29) is 5.91 Å². The minimum absolute atomic E-state index is 0.199. The van der Waals surface area contributed by atoms with Crippen LogP contribution in [0.3, 0.4) is 0 Å². The van der Waals surface area contributed by atoms with Crippen LogP contribution in [0.1, 0.15) is 27.3 Å². The highest BCUT2D eigenvalue weighted by Gasteiger charge is 2.17. The first-order chi connectivity index (χ1) is 10.5. The molecular weight excluding hydrogens is 298 g/mol. The summed E-state index contributed by atoms with van der Waals surface area (Å²) in [7, 11) is 0. The molecule has 0 atom stereocenters. The van der Waals surface area contributed by atoms with Crippen molar-refractivity contribution in [1.29, 1.82) is 0 Å². The van der Waals surface area contributed by atoms with Gasteiger partial charge in [0.25, 0.3) is 5.91 Å². The molecule has 0 saturated heterocycles. The number of aromatic nitrogens is 2. The molecule has 1 amide bonds. The highest BCUT2D eigenvalue weighted by molar-refractivity contribution is 6.31. The Labute approximate surface area is 133 Å². The lowest BCUT2D eigenvalue weighted by Crippen LogP contribution is -2.15. The van der Waals surface area contributed by atoms with Crippen LogP contribution in [0, 0.1) is 20.8 Å². The number of halogens is 1. The van der Waals surface area contributed by atoms with Gasteiger partial charge in [0.05, 0.1) is 5.69 Å². The Balaban J connectivity index is 2.00. The predicted octanol–water partition coefficient (Wildman–Crippen LogP) is 4.17. The summed E-state index contributed by atoms with van der Waals surface area (Å²) >= 11 is 6.10. The number of aryl methyl sites for hydroxylation is 3. The fourth-order valence-corrected chi connectivity index (χ4v) is 2.63. The van der Waals surface area contributed by atoms with Crippen molar-refractivity contribution in [3.63, 3.8) is 0 Å². The first kappa shape index (κ1) is 14.6. The number of nitrogens with one attached hydrogen (secondary N) is 1. The van der Waals surface area contributed by atoms with Crippen molar-refractivity contribution in [2.45, 2.75) is 20.8 Å². The molecule has 112 valence electrons. The summed E-state index contributed by atoms with van der Waals surface area (Å²) in [4.78, 5) is 17.1. The maximum absolute atomic E-state index is 12.6. The molecule has 2 heterocycles. The molecule has 0 aliphatic rings. The zero-order valence-electron chi connectivity index (χ0n) is 12.6. The van der Waals surface area contributed by atoms with Crippen LogP contribution in [0.25, 0.3) is 5.65 Å². The van der Waals surface area contributed by atoms with Gasteiger partial charge in [-0.2, -0.15) is 0 Å². The number of fused-ring (bicyclic) bond motifs is 1. The first-order valence-electron chi connectivity index (χ1n) is 6.99. The summed E-state index contributed by atoms with van der Waals surface area (Å²) in [6.07, 6.45) is 1.85. The minimum Gasteiger partial charge on any atom is -0.321 e. The normalized spacial score (nSPS) is 10.9. The van der Waals surface area contributed by atoms with Crippen LogP contribution in [0.5, 0.6) is 0 Å². The molecule has 22 heavy (non-hydrogen) atoms. The Morgan fingerprint density at radius 2 is 1.95 bits per heavy atom. The van der Waals surface area contributed by atoms with E-state index < -0.39 is 0 Å². The third-order valence-electron chi connectivity index (χ3n) is 3.66. The van der Waals surface area contributed by atoms with Crippen LogP contribution in [0.4, 0.5) is 5.69 Å². The van der Waals surface area contributed by atoms with Crippen molar-refractivity contribution in [3.05, 3.63) is 64.1 Å². The largest absolute Gasteiger partial charge is 0.321 e. The maximum atomic E-state index is 12.6. The van der Waals surface area contributed by atoms with Gasteiger partial charge < -0.3 is 5.32 Å². The molecule has 3 aromatic rings. The number of imidazole rings is 1. The van der Waals surface area contributed by atoms with Gasteiger partial charge in [-0.3, -0.25) is 9.20 Å². The van der Waals surface area contributed by atoms with Crippen LogP contribution in [0.15, 0.2) is 36.5 Å². The Morgan fingerprint density at radius 1 is 1.18 bits per heavy atom. The van der Waals surface area contributed by atoms with Gasteiger partial charge in [-0.25, -0.2) is 4.98 Å². The Bertz CT molecular complexity index is 883. The lowest BCUT2D eigenvalue weighted by molar-refractivity contribution is 0.102. The van der Waals surface area contributed by atoms with Gasteiger partial charge in [-0.1, -0.05) is 23.7 Å². The van der Waals surface area contributed by atoms with E-state index >= 15 is 0 Å². The van der Waals surface area contributed by atoms with Crippen molar-refractivity contribution in [2.75, 3.05) is 5.32 Å². The molecule has 0 unspecified atom stereocenters. The number of nitrogens with zero attached hydrogens (tertiary/aromatic N) is 2. The lowest BCUT2D eigenvalue weighted by Gasteiger charge is -2.08. The highest BCUT2D eigenvalue weighted by atomic mass is 35.5. The number of amides is 1. The first-order valence-corrected chi connectivity index (χ1v) is 7.37. The van der Waals surface area contributed by atoms with Gasteiger partial charge in [-0.05, 0) is 50.1 Å². The molecule has 1 N–H and O–H groups in total. The smallest absolute Gasteiger partial charge is 0.274 e. The number of hydrogen-bond acceptors (Lipinski definition) is 2. The Hall–Kier alpha value is -2.33. The van der Waals surface area contributed by atoms with E-state index in [1.54, 1.807) is 6.07 Å². The summed E-state index contributed by atoms with van der Waals surface area (Å²) in [5.41, 5.74) is 4.71. The number of carbonyl (C=O) groups excluding carboxylic acids is 1. The second-order valence-electron chi connectivity index (χ2n) is 5.35. The van der Waals surface area contributed by atoms with Crippen molar-refractivity contribution >= 4 is 28.8 Å². The van der Waals surface area contributed by atoms with Gasteiger partial charge in [0.1, 0.15) is 11.3 Å². The number of anilines is 1. The highest BCUT2D eigenvalue weighted by Crippen LogP contribution is 2.21. The Kier molecular flexibility index (Phi) is 3.62. The molecule has 0 aliphatic carbocycles. The third-order valence-corrected chi connectivity index (χ3v) is 4.07. The van der Waals surface area contributed by atoms with Crippen LogP contribution in [-0.2, 0) is 0 Å². The summed E-state index contributed by atoms with van der Waals surface area (Å²) in [6.45, 7) is 5.73. The molecule has 0 fully saturated rings. The SMILES string of the molecule is Cc1ccc(NC(=O)c2c(C)nc3c(C)cccn23)cc1Cl. The van der Waals surface area contributed by atoms with Gasteiger partial charge >= 0.3 is 0 Å². The zero-order valence-corrected chi connectivity index (χ0v) is 13.4. The number of pyridine rings is 1. The Morgan fingerprint density at radius 3 is 2.68 bits per heavy atom. The van der Waals surface area contributed by atoms with Crippen LogP contribution in [-0.4, -0.2) is 15.3 Å². The molecule has 3 rings (SSSR count). The fourth-order valence-electron chi connectivity index (χ4n) is 2.45. The van der Waals surface area contributed by atoms with Gasteiger partial charge in [-0.15, -0.1) is 0 Å². The molecule has 0 bridgehead atoms. The molecule has 2 aromatic heterocycles. The van der Waals surface area contributed by atoms with Crippen molar-refractivity contribution in [3.8, 4) is 0 Å². The standard InChI is InChI=1S/C17H16ClN3O/c1-10-6-7-13(9-14(10)18)20-17(22)15-12(3)19-16-11(2)5-4-8-21(15)16/h4-9H,1-3H3,(H,20,22). The van der Waals surface area contributed by atoms with E-state index in [4.69, 9.17) is 11.6 Å². The van der Waals surface area contributed by atoms with Gasteiger partial charge in [0.2, 0.25) is 0 Å². The molecule has 5 heteroatoms. The molecule has 0 aliphatic heterocycles. The van der Waals surface area contributed by atoms with E-state index in [0.29, 0.717) is 22.1 Å². The van der Waals surface area contributed by atoms with Crippen molar-refractivity contribution in [2.24, 2.45) is 0 Å². The van der Waals surface area contributed by atoms with Crippen LogP contribution >= 0.6 is 11.6 Å². The topological polar surface area (TPSA) is 46.4 Å². The average Bonchev–Trinajstić information content (AvgIpc) is 2.81. The van der Waals surface area contributed by atoms with E-state index in [1.807, 2.05) is 55.6 Å². The van der Waals surface area contributed by atoms with E-state index in [9.17, 15) is 4.79 Å². The second-order valence-corrected chi connectivity index (χ2v) is 5.76. The zero-order chi connectivity index (χ0) is 15.9. The summed E-state index contributed by atoms with van der Waals surface area (Å²) in [6, 6.07) is 9.34. The van der Waals surface area contributed by atoms with E-state index in [1.165, 1.54) is 0 Å². The lowest BCUT2D eigenvalue weighted by atomic mass is 10.2. The van der Waals surface area contributed by atoms with Crippen LogP contribution < -0.4 is 5.32 Å². The quantitative estimate of drug-likeness (QED) is 0.772. The van der Waals surface area contributed by atoms with Crippen molar-refractivity contribution in [1.82, 2.24) is 9.38 Å². The van der Waals surface area contributed by atoms with E-state index in [0.717, 1.165) is 16.8 Å². The fraction of sp³-hybridized carbons (Fsp3) is 0.176. The minimum atomic E-state index is -0.199. The predicted molar refractivity (Wildman–Crippen MR) is 88.8 cm³/mol. The van der Waals surface area contributed by atoms with Gasteiger partial charge in [0.15, 0.2) is 0 Å². The number of rotatable bonds is 2. The van der Waals surface area contributed by atoms with Crippen molar-refractivity contribution < 1.29 is 4.79 Å². The number of carbonyl (C=O) groups is 1. The summed E-state index contributed by atoms with van der Waals surface area (Å²) in [5.74, 6) is -0.199. The third kappa shape index (κ3) is 2.46. The van der Waals surface area contributed by atoms with Crippen LogP contribution in [0.2, 0.25) is 5.02 Å². The molecule has 4 nitrogen and oxygen atoms in total. The molecule has 1 aromatic carbocycles. The maximum Gasteiger partial charge on any atom is 0.274 e. The van der Waals surface area contributed by atoms with E-state index in [2.05, 4.69) is 10.3 Å². The number of benzene rings is 1. The van der Waals surface area contributed by atoms with Gasteiger partial charge in [0, 0.05) is 16.9 Å². The second kappa shape index (κ2) is 5.46. The number of hydrogen-bond donors (Lipinski definition) is 1.